The van der Waals surface area contributed by atoms with Crippen LogP contribution in [0.25, 0.3) is 0 Å². The van der Waals surface area contributed by atoms with Gasteiger partial charge in [-0.2, -0.15) is 0 Å². The van der Waals surface area contributed by atoms with E-state index in [1.807, 2.05) is 31.2 Å². The van der Waals surface area contributed by atoms with Crippen molar-refractivity contribution in [1.29, 1.82) is 0 Å². The molecule has 0 aliphatic heterocycles. The molecule has 138 valence electrons. The average molecular weight is 372 g/mol. The van der Waals surface area contributed by atoms with Gasteiger partial charge >= 0.3 is 0 Å². The lowest BCUT2D eigenvalue weighted by Crippen LogP contribution is -2.24. The first-order valence-corrected chi connectivity index (χ1v) is 9.90. The van der Waals surface area contributed by atoms with Gasteiger partial charge in [-0.3, -0.25) is 9.59 Å². The molecule has 1 fully saturated rings. The SMILES string of the molecule is Cc1ccc(C(=O)CCC(=O)NCc2cccnc2OC2CCCC2)s1. The van der Waals surface area contributed by atoms with Gasteiger partial charge < -0.3 is 10.1 Å². The number of thiophene rings is 1. The van der Waals surface area contributed by atoms with Crippen molar-refractivity contribution in [1.82, 2.24) is 10.3 Å². The number of ketones is 1. The minimum atomic E-state index is -0.137. The minimum absolute atomic E-state index is 0.0184. The van der Waals surface area contributed by atoms with E-state index in [-0.39, 0.29) is 30.6 Å². The highest BCUT2D eigenvalue weighted by atomic mass is 32.1. The Balaban J connectivity index is 1.47. The summed E-state index contributed by atoms with van der Waals surface area (Å²) in [6, 6.07) is 7.50. The second-order valence-corrected chi connectivity index (χ2v) is 7.89. The molecule has 0 saturated heterocycles. The van der Waals surface area contributed by atoms with E-state index in [0.29, 0.717) is 12.4 Å². The Hall–Kier alpha value is -2.21. The summed E-state index contributed by atoms with van der Waals surface area (Å²) in [7, 11) is 0. The highest BCUT2D eigenvalue weighted by Crippen LogP contribution is 2.25. The molecule has 2 heterocycles. The molecule has 6 heteroatoms. The number of aromatic nitrogens is 1. The number of nitrogens with one attached hydrogen (secondary N) is 1. The van der Waals surface area contributed by atoms with Crippen molar-refractivity contribution in [3.8, 4) is 5.88 Å². The van der Waals surface area contributed by atoms with Crippen LogP contribution in [-0.2, 0) is 11.3 Å². The normalized spacial score (nSPS) is 14.3. The minimum Gasteiger partial charge on any atom is -0.474 e. The van der Waals surface area contributed by atoms with Crippen molar-refractivity contribution in [3.05, 3.63) is 45.8 Å². The molecule has 26 heavy (non-hydrogen) atoms. The van der Waals surface area contributed by atoms with E-state index in [1.54, 1.807) is 6.20 Å². The molecule has 0 unspecified atom stereocenters. The summed E-state index contributed by atoms with van der Waals surface area (Å²) < 4.78 is 5.98. The molecule has 0 spiro atoms. The molecule has 0 aromatic carbocycles. The Bertz CT molecular complexity index is 766. The van der Waals surface area contributed by atoms with Gasteiger partial charge in [0.2, 0.25) is 11.8 Å². The van der Waals surface area contributed by atoms with E-state index in [4.69, 9.17) is 4.74 Å². The number of aryl methyl sites for hydroxylation is 1. The van der Waals surface area contributed by atoms with E-state index >= 15 is 0 Å². The lowest BCUT2D eigenvalue weighted by Gasteiger charge is -2.15. The molecule has 0 radical (unpaired) electrons. The number of nitrogens with zero attached hydrogens (tertiary/aromatic N) is 1. The number of carbonyl (C=O) groups is 2. The molecule has 1 saturated carbocycles. The molecule has 1 N–H and O–H groups in total. The predicted octanol–water partition coefficient (Wildman–Crippen LogP) is 4.05. The predicted molar refractivity (Wildman–Crippen MR) is 102 cm³/mol. The van der Waals surface area contributed by atoms with Crippen LogP contribution in [0.15, 0.2) is 30.5 Å². The Labute approximate surface area is 157 Å². The van der Waals surface area contributed by atoms with Crippen molar-refractivity contribution in [2.75, 3.05) is 0 Å². The van der Waals surface area contributed by atoms with Crippen molar-refractivity contribution in [2.45, 2.75) is 58.1 Å². The molecule has 3 rings (SSSR count). The quantitative estimate of drug-likeness (QED) is 0.710. The highest BCUT2D eigenvalue weighted by molar-refractivity contribution is 7.14. The topological polar surface area (TPSA) is 68.3 Å². The van der Waals surface area contributed by atoms with E-state index in [0.717, 1.165) is 28.2 Å². The number of rotatable bonds is 8. The number of Topliss-reactive ketones (excluding diaryl/α,β-unsaturated/α-hetero) is 1. The van der Waals surface area contributed by atoms with Gasteiger partial charge in [-0.1, -0.05) is 6.07 Å². The first-order valence-electron chi connectivity index (χ1n) is 9.08. The third-order valence-electron chi connectivity index (χ3n) is 4.50. The third kappa shape index (κ3) is 5.14. The highest BCUT2D eigenvalue weighted by Gasteiger charge is 2.19. The van der Waals surface area contributed by atoms with Crippen LogP contribution < -0.4 is 10.1 Å². The summed E-state index contributed by atoms with van der Waals surface area (Å²) in [6.07, 6.45) is 6.87. The lowest BCUT2D eigenvalue weighted by atomic mass is 10.2. The zero-order valence-corrected chi connectivity index (χ0v) is 15.8. The van der Waals surface area contributed by atoms with Crippen molar-refractivity contribution in [3.63, 3.8) is 0 Å². The Morgan fingerprint density at radius 2 is 2.04 bits per heavy atom. The van der Waals surface area contributed by atoms with E-state index < -0.39 is 0 Å². The number of carbonyl (C=O) groups excluding carboxylic acids is 2. The lowest BCUT2D eigenvalue weighted by molar-refractivity contribution is -0.121. The van der Waals surface area contributed by atoms with Crippen LogP contribution in [0.2, 0.25) is 0 Å². The molecule has 2 aromatic heterocycles. The van der Waals surface area contributed by atoms with Gasteiger partial charge in [-0.05, 0) is 50.8 Å². The maximum atomic E-state index is 12.1. The van der Waals surface area contributed by atoms with Gasteiger partial charge in [-0.15, -0.1) is 11.3 Å². The van der Waals surface area contributed by atoms with Crippen LogP contribution in [0.1, 0.15) is 58.6 Å². The maximum Gasteiger partial charge on any atom is 0.220 e. The van der Waals surface area contributed by atoms with Gasteiger partial charge in [0.25, 0.3) is 0 Å². The third-order valence-corrected chi connectivity index (χ3v) is 5.54. The van der Waals surface area contributed by atoms with Gasteiger partial charge in [0.05, 0.1) is 4.88 Å². The Kier molecular flexibility index (Phi) is 6.39. The van der Waals surface area contributed by atoms with E-state index in [2.05, 4.69) is 10.3 Å². The van der Waals surface area contributed by atoms with Crippen LogP contribution in [-0.4, -0.2) is 22.8 Å². The fraction of sp³-hybridized carbons (Fsp3) is 0.450. The fourth-order valence-corrected chi connectivity index (χ4v) is 3.88. The monoisotopic (exact) mass is 372 g/mol. The molecular formula is C20H24N2O3S. The maximum absolute atomic E-state index is 12.1. The molecule has 1 aliphatic carbocycles. The number of hydrogen-bond donors (Lipinski definition) is 1. The number of ether oxygens (including phenoxy) is 1. The van der Waals surface area contributed by atoms with E-state index in [9.17, 15) is 9.59 Å². The summed E-state index contributed by atoms with van der Waals surface area (Å²) in [5.41, 5.74) is 0.868. The number of amides is 1. The second kappa shape index (κ2) is 8.94. The summed E-state index contributed by atoms with van der Waals surface area (Å²) >= 11 is 1.47. The molecule has 5 nitrogen and oxygen atoms in total. The van der Waals surface area contributed by atoms with Gasteiger partial charge in [0, 0.05) is 36.0 Å². The van der Waals surface area contributed by atoms with Crippen molar-refractivity contribution >= 4 is 23.0 Å². The molecule has 2 aromatic rings. The van der Waals surface area contributed by atoms with Crippen LogP contribution in [0.5, 0.6) is 5.88 Å². The van der Waals surface area contributed by atoms with Gasteiger partial charge in [-0.25, -0.2) is 4.98 Å². The first kappa shape index (κ1) is 18.6. The number of hydrogen-bond acceptors (Lipinski definition) is 5. The fourth-order valence-electron chi connectivity index (χ4n) is 3.05. The largest absolute Gasteiger partial charge is 0.474 e. The first-order chi connectivity index (χ1) is 12.6. The molecule has 1 aliphatic rings. The average Bonchev–Trinajstić information content (AvgIpc) is 3.30. The van der Waals surface area contributed by atoms with Crippen LogP contribution >= 0.6 is 11.3 Å². The molecule has 0 atom stereocenters. The second-order valence-electron chi connectivity index (χ2n) is 6.60. The molecule has 1 amide bonds. The zero-order chi connectivity index (χ0) is 18.4. The van der Waals surface area contributed by atoms with E-state index in [1.165, 1.54) is 24.2 Å². The summed E-state index contributed by atoms with van der Waals surface area (Å²) in [5, 5.41) is 2.87. The molecule has 0 bridgehead atoms. The number of pyridine rings is 1. The van der Waals surface area contributed by atoms with Gasteiger partial charge in [0.15, 0.2) is 5.78 Å². The zero-order valence-electron chi connectivity index (χ0n) is 15.0. The summed E-state index contributed by atoms with van der Waals surface area (Å²) in [5.74, 6) is 0.483. The summed E-state index contributed by atoms with van der Waals surface area (Å²) in [4.78, 5) is 30.3. The Morgan fingerprint density at radius 1 is 1.23 bits per heavy atom. The van der Waals surface area contributed by atoms with Crippen molar-refractivity contribution < 1.29 is 14.3 Å². The Morgan fingerprint density at radius 3 is 2.77 bits per heavy atom. The van der Waals surface area contributed by atoms with Crippen LogP contribution in [0, 0.1) is 6.92 Å². The van der Waals surface area contributed by atoms with Crippen molar-refractivity contribution in [2.24, 2.45) is 0 Å². The summed E-state index contributed by atoms with van der Waals surface area (Å²) in [6.45, 7) is 2.33. The molecular weight excluding hydrogens is 348 g/mol. The van der Waals surface area contributed by atoms with Crippen LogP contribution in [0.3, 0.4) is 0 Å². The standard InChI is InChI=1S/C20H24N2O3S/c1-14-8-10-18(26-14)17(23)9-11-19(24)22-13-15-5-4-12-21-20(15)25-16-6-2-3-7-16/h4-5,8,10,12,16H,2-3,6-7,9,11,13H2,1H3,(H,22,24). The smallest absolute Gasteiger partial charge is 0.220 e. The van der Waals surface area contributed by atoms with Crippen LogP contribution in [0.4, 0.5) is 0 Å². The van der Waals surface area contributed by atoms with Gasteiger partial charge in [0.1, 0.15) is 6.10 Å².